The van der Waals surface area contributed by atoms with Gasteiger partial charge in [0.15, 0.2) is 11.4 Å². The number of rotatable bonds is 6. The fraction of sp³-hybridized carbons (Fsp3) is 0.417. The summed E-state index contributed by atoms with van der Waals surface area (Å²) in [4.78, 5) is 24.6. The Morgan fingerprint density at radius 1 is 1.58 bits per heavy atom. The fourth-order valence-corrected chi connectivity index (χ4v) is 2.08. The number of aliphatic hydroxyl groups is 2. The van der Waals surface area contributed by atoms with Crippen LogP contribution in [0.25, 0.3) is 0 Å². The number of aldehydes is 1. The maximum atomic E-state index is 13.0. The number of hydrogen-bond acceptors (Lipinski definition) is 6. The molecule has 0 fully saturated rings. The van der Waals surface area contributed by atoms with Gasteiger partial charge in [0, 0.05) is 24.4 Å². The van der Waals surface area contributed by atoms with Gasteiger partial charge in [-0.3, -0.25) is 9.59 Å². The number of carbonyl (C=O) groups excluding carboxylic acids is 2. The van der Waals surface area contributed by atoms with Gasteiger partial charge in [-0.05, 0) is 12.5 Å². The lowest BCUT2D eigenvalue weighted by Gasteiger charge is -2.17. The smallest absolute Gasteiger partial charge is 0.223 e. The zero-order valence-corrected chi connectivity index (χ0v) is 11.1. The van der Waals surface area contributed by atoms with Crippen molar-refractivity contribution in [3.05, 3.63) is 29.3 Å². The molecular weight excluding hydrogens is 273 g/mol. The first kappa shape index (κ1) is 15.7. The van der Waals surface area contributed by atoms with Crippen molar-refractivity contribution in [1.29, 1.82) is 0 Å². The third-order valence-corrected chi connectivity index (χ3v) is 3.29. The maximum absolute atomic E-state index is 13.0. The summed E-state index contributed by atoms with van der Waals surface area (Å²) in [7, 11) is 0. The standard InChI is InChI=1S/C12H14FNO4S/c1-7(16)19-3-2-10(17)11(18)8-4-9(6-15)12(13)14-5-8/h4-6,10-11,17-18H,2-3H2,1H3. The number of hydrogen-bond donors (Lipinski definition) is 2. The highest BCUT2D eigenvalue weighted by atomic mass is 32.2. The Bertz CT molecular complexity index is 469. The number of carbonyl (C=O) groups is 2. The molecule has 0 saturated carbocycles. The van der Waals surface area contributed by atoms with Crippen molar-refractivity contribution in [2.45, 2.75) is 25.6 Å². The van der Waals surface area contributed by atoms with Crippen LogP contribution in [0.5, 0.6) is 0 Å². The summed E-state index contributed by atoms with van der Waals surface area (Å²) >= 11 is 1.04. The minimum Gasteiger partial charge on any atom is -0.390 e. The molecule has 2 unspecified atom stereocenters. The molecule has 0 radical (unpaired) electrons. The van der Waals surface area contributed by atoms with Crippen LogP contribution in [-0.2, 0) is 4.79 Å². The van der Waals surface area contributed by atoms with Crippen LogP contribution in [0.2, 0.25) is 0 Å². The van der Waals surface area contributed by atoms with Gasteiger partial charge in [0.05, 0.1) is 11.7 Å². The van der Waals surface area contributed by atoms with Crippen molar-refractivity contribution < 1.29 is 24.2 Å². The van der Waals surface area contributed by atoms with Gasteiger partial charge in [-0.25, -0.2) is 4.98 Å². The van der Waals surface area contributed by atoms with E-state index in [2.05, 4.69) is 4.98 Å². The molecule has 0 aliphatic rings. The van der Waals surface area contributed by atoms with Crippen LogP contribution in [0.4, 0.5) is 4.39 Å². The molecule has 1 aromatic rings. The number of halogens is 1. The molecule has 104 valence electrons. The van der Waals surface area contributed by atoms with Crippen LogP contribution in [0, 0.1) is 5.95 Å². The second-order valence-electron chi connectivity index (χ2n) is 3.91. The molecule has 2 atom stereocenters. The molecule has 0 aliphatic heterocycles. The van der Waals surface area contributed by atoms with Crippen LogP contribution in [0.1, 0.15) is 35.4 Å². The van der Waals surface area contributed by atoms with Gasteiger partial charge in [0.25, 0.3) is 0 Å². The van der Waals surface area contributed by atoms with Crippen molar-refractivity contribution in [3.63, 3.8) is 0 Å². The summed E-state index contributed by atoms with van der Waals surface area (Å²) in [5.74, 6) is -0.560. The number of thioether (sulfide) groups is 1. The van der Waals surface area contributed by atoms with E-state index < -0.39 is 18.2 Å². The quantitative estimate of drug-likeness (QED) is 0.601. The molecule has 0 saturated heterocycles. The van der Waals surface area contributed by atoms with Gasteiger partial charge in [-0.2, -0.15) is 4.39 Å². The molecule has 5 nitrogen and oxygen atoms in total. The van der Waals surface area contributed by atoms with Gasteiger partial charge in [0.2, 0.25) is 5.95 Å². The number of aliphatic hydroxyl groups excluding tert-OH is 2. The summed E-state index contributed by atoms with van der Waals surface area (Å²) in [6, 6.07) is 1.14. The SMILES string of the molecule is CC(=O)SCCC(O)C(O)c1cnc(F)c(C=O)c1. The fourth-order valence-electron chi connectivity index (χ4n) is 1.43. The molecule has 1 heterocycles. The minimum absolute atomic E-state index is 0.0756. The molecule has 2 N–H and O–H groups in total. The molecule has 19 heavy (non-hydrogen) atoms. The predicted octanol–water partition coefficient (Wildman–Crippen LogP) is 1.10. The first-order chi connectivity index (χ1) is 8.95. The molecule has 1 aromatic heterocycles. The van der Waals surface area contributed by atoms with E-state index in [0.29, 0.717) is 5.75 Å². The van der Waals surface area contributed by atoms with Crippen molar-refractivity contribution in [3.8, 4) is 0 Å². The van der Waals surface area contributed by atoms with E-state index in [4.69, 9.17) is 0 Å². The molecule has 0 aliphatic carbocycles. The van der Waals surface area contributed by atoms with Crippen molar-refractivity contribution in [2.75, 3.05) is 5.75 Å². The zero-order valence-electron chi connectivity index (χ0n) is 10.2. The van der Waals surface area contributed by atoms with Crippen molar-refractivity contribution in [1.82, 2.24) is 4.98 Å². The summed E-state index contributed by atoms with van der Waals surface area (Å²) < 4.78 is 13.0. The minimum atomic E-state index is -1.28. The summed E-state index contributed by atoms with van der Waals surface area (Å²) in [6.45, 7) is 1.41. The molecule has 1 rings (SSSR count). The number of nitrogens with zero attached hydrogens (tertiary/aromatic N) is 1. The second-order valence-corrected chi connectivity index (χ2v) is 5.18. The molecule has 0 spiro atoms. The molecule has 0 aromatic carbocycles. The lowest BCUT2D eigenvalue weighted by Crippen LogP contribution is -2.19. The molecular formula is C12H14FNO4S. The van der Waals surface area contributed by atoms with E-state index in [0.717, 1.165) is 24.0 Å². The van der Waals surface area contributed by atoms with Crippen molar-refractivity contribution in [2.24, 2.45) is 0 Å². The average Bonchev–Trinajstić information content (AvgIpc) is 2.38. The van der Waals surface area contributed by atoms with Crippen molar-refractivity contribution >= 4 is 23.2 Å². The summed E-state index contributed by atoms with van der Waals surface area (Å²) in [5, 5.41) is 19.5. The van der Waals surface area contributed by atoms with E-state index in [9.17, 15) is 24.2 Å². The van der Waals surface area contributed by atoms with E-state index in [1.165, 1.54) is 6.92 Å². The second kappa shape index (κ2) is 7.32. The highest BCUT2D eigenvalue weighted by molar-refractivity contribution is 8.13. The third kappa shape index (κ3) is 4.70. The Morgan fingerprint density at radius 2 is 2.26 bits per heavy atom. The van der Waals surface area contributed by atoms with Gasteiger partial charge < -0.3 is 10.2 Å². The number of pyridine rings is 1. The van der Waals surface area contributed by atoms with Gasteiger partial charge >= 0.3 is 0 Å². The maximum Gasteiger partial charge on any atom is 0.223 e. The van der Waals surface area contributed by atoms with Gasteiger partial charge in [0.1, 0.15) is 6.10 Å². The van der Waals surface area contributed by atoms with E-state index in [1.807, 2.05) is 0 Å². The highest BCUT2D eigenvalue weighted by Crippen LogP contribution is 2.21. The topological polar surface area (TPSA) is 87.5 Å². The average molecular weight is 287 g/mol. The van der Waals surface area contributed by atoms with Crippen LogP contribution < -0.4 is 0 Å². The Morgan fingerprint density at radius 3 is 2.84 bits per heavy atom. The number of aromatic nitrogens is 1. The van der Waals surface area contributed by atoms with E-state index >= 15 is 0 Å². The zero-order chi connectivity index (χ0) is 14.4. The molecule has 0 amide bonds. The van der Waals surface area contributed by atoms with E-state index in [-0.39, 0.29) is 28.9 Å². The molecule has 7 heteroatoms. The highest BCUT2D eigenvalue weighted by Gasteiger charge is 2.20. The van der Waals surface area contributed by atoms with Crippen LogP contribution in [-0.4, -0.2) is 38.5 Å². The van der Waals surface area contributed by atoms with E-state index in [1.54, 1.807) is 0 Å². The van der Waals surface area contributed by atoms with Gasteiger partial charge in [-0.15, -0.1) is 0 Å². The Labute approximate surface area is 113 Å². The first-order valence-electron chi connectivity index (χ1n) is 5.55. The first-order valence-corrected chi connectivity index (χ1v) is 6.54. The van der Waals surface area contributed by atoms with Crippen LogP contribution in [0.3, 0.4) is 0 Å². The third-order valence-electron chi connectivity index (χ3n) is 2.44. The Balaban J connectivity index is 2.68. The normalized spacial score (nSPS) is 13.9. The van der Waals surface area contributed by atoms with Crippen LogP contribution >= 0.6 is 11.8 Å². The largest absolute Gasteiger partial charge is 0.390 e. The lowest BCUT2D eigenvalue weighted by molar-refractivity contribution is -0.109. The Hall–Kier alpha value is -1.31. The predicted molar refractivity (Wildman–Crippen MR) is 68.3 cm³/mol. The molecule has 0 bridgehead atoms. The monoisotopic (exact) mass is 287 g/mol. The summed E-state index contributed by atoms with van der Waals surface area (Å²) in [6.07, 6.45) is -0.845. The summed E-state index contributed by atoms with van der Waals surface area (Å²) in [5.41, 5.74) is -0.120. The van der Waals surface area contributed by atoms with Gasteiger partial charge in [-0.1, -0.05) is 11.8 Å². The lowest BCUT2D eigenvalue weighted by atomic mass is 10.0. The Kier molecular flexibility index (Phi) is 6.07. The van der Waals surface area contributed by atoms with Crippen LogP contribution in [0.15, 0.2) is 12.3 Å².